The maximum atomic E-state index is 13.1. The molecular weight excluding hydrogens is 362 g/mol. The molecule has 1 N–H and O–H groups in total. The molecule has 0 radical (unpaired) electrons. The van der Waals surface area contributed by atoms with Crippen molar-refractivity contribution < 1.29 is 14.3 Å². The average Bonchev–Trinajstić information content (AvgIpc) is 2.73. The Morgan fingerprint density at radius 1 is 0.897 bits per heavy atom. The van der Waals surface area contributed by atoms with Crippen molar-refractivity contribution in [1.29, 1.82) is 0 Å². The van der Waals surface area contributed by atoms with Gasteiger partial charge in [-0.25, -0.2) is 0 Å². The average molecular weight is 387 g/mol. The van der Waals surface area contributed by atoms with E-state index in [4.69, 9.17) is 9.47 Å². The van der Waals surface area contributed by atoms with Crippen LogP contribution in [0.2, 0.25) is 0 Å². The molecular formula is C25H25NO3. The molecule has 0 heterocycles. The number of methoxy groups -OCH3 is 1. The molecule has 0 atom stereocenters. The summed E-state index contributed by atoms with van der Waals surface area (Å²) in [6.45, 7) is 3.94. The molecule has 3 aromatic rings. The summed E-state index contributed by atoms with van der Waals surface area (Å²) in [6, 6.07) is 24.6. The van der Waals surface area contributed by atoms with E-state index in [0.717, 1.165) is 22.6 Å². The lowest BCUT2D eigenvalue weighted by Gasteiger charge is -2.13. The number of benzene rings is 3. The van der Waals surface area contributed by atoms with Crippen LogP contribution in [0.15, 0.2) is 78.9 Å². The van der Waals surface area contributed by atoms with Gasteiger partial charge in [0, 0.05) is 17.3 Å². The van der Waals surface area contributed by atoms with Gasteiger partial charge in [-0.15, -0.1) is 0 Å². The molecule has 0 saturated carbocycles. The summed E-state index contributed by atoms with van der Waals surface area (Å²) in [5.41, 5.74) is 3.02. The number of anilines is 1. The van der Waals surface area contributed by atoms with E-state index in [1.165, 1.54) is 0 Å². The summed E-state index contributed by atoms with van der Waals surface area (Å²) in [6.07, 6.45) is 1.94. The second kappa shape index (κ2) is 9.60. The van der Waals surface area contributed by atoms with Crippen LogP contribution in [-0.2, 0) is 4.79 Å². The maximum Gasteiger partial charge on any atom is 0.256 e. The zero-order chi connectivity index (χ0) is 20.6. The molecule has 0 bridgehead atoms. The van der Waals surface area contributed by atoms with Gasteiger partial charge in [0.2, 0.25) is 0 Å². The quantitative estimate of drug-likeness (QED) is 0.420. The Labute approximate surface area is 171 Å². The normalized spacial score (nSPS) is 11.2. The first-order valence-electron chi connectivity index (χ1n) is 9.54. The van der Waals surface area contributed by atoms with E-state index >= 15 is 0 Å². The molecule has 3 rings (SSSR count). The van der Waals surface area contributed by atoms with Gasteiger partial charge in [0.15, 0.2) is 0 Å². The molecule has 0 fully saturated rings. The smallest absolute Gasteiger partial charge is 0.256 e. The zero-order valence-electron chi connectivity index (χ0n) is 16.9. The van der Waals surface area contributed by atoms with E-state index in [9.17, 15) is 4.79 Å². The number of nitrogens with one attached hydrogen (secondary N) is 1. The first kappa shape index (κ1) is 20.2. The predicted molar refractivity (Wildman–Crippen MR) is 118 cm³/mol. The Morgan fingerprint density at radius 2 is 1.62 bits per heavy atom. The Kier molecular flexibility index (Phi) is 6.69. The minimum Gasteiger partial charge on any atom is -0.497 e. The molecule has 148 valence electrons. The maximum absolute atomic E-state index is 13.1. The van der Waals surface area contributed by atoms with Crippen LogP contribution in [0.3, 0.4) is 0 Å². The molecule has 3 aromatic carbocycles. The highest BCUT2D eigenvalue weighted by atomic mass is 16.5. The molecule has 0 unspecified atom stereocenters. The Bertz CT molecular complexity index is 976. The van der Waals surface area contributed by atoms with Crippen molar-refractivity contribution in [3.8, 4) is 11.5 Å². The summed E-state index contributed by atoms with van der Waals surface area (Å²) in [4.78, 5) is 13.1. The Morgan fingerprint density at radius 3 is 2.28 bits per heavy atom. The van der Waals surface area contributed by atoms with Crippen LogP contribution in [0.25, 0.3) is 11.6 Å². The van der Waals surface area contributed by atoms with Crippen LogP contribution in [0.4, 0.5) is 5.69 Å². The van der Waals surface area contributed by atoms with Crippen LogP contribution in [0.1, 0.15) is 25.0 Å². The number of carbonyl (C=O) groups excluding carboxylic acids is 1. The van der Waals surface area contributed by atoms with Gasteiger partial charge < -0.3 is 14.8 Å². The minimum absolute atomic E-state index is 0.0656. The monoisotopic (exact) mass is 387 g/mol. The summed E-state index contributed by atoms with van der Waals surface area (Å²) >= 11 is 0. The fourth-order valence-corrected chi connectivity index (χ4v) is 2.88. The lowest BCUT2D eigenvalue weighted by molar-refractivity contribution is -0.111. The van der Waals surface area contributed by atoms with Crippen molar-refractivity contribution in [1.82, 2.24) is 0 Å². The Balaban J connectivity index is 1.90. The number of hydrogen-bond donors (Lipinski definition) is 1. The second-order valence-electron chi connectivity index (χ2n) is 6.85. The Hall–Kier alpha value is -3.53. The first-order valence-corrected chi connectivity index (χ1v) is 9.54. The topological polar surface area (TPSA) is 47.6 Å². The molecule has 0 aliphatic rings. The first-order chi connectivity index (χ1) is 14.0. The molecule has 4 heteroatoms. The van der Waals surface area contributed by atoms with Gasteiger partial charge in [-0.2, -0.15) is 0 Å². The number of rotatable bonds is 7. The van der Waals surface area contributed by atoms with Gasteiger partial charge in [-0.1, -0.05) is 48.5 Å². The van der Waals surface area contributed by atoms with Crippen molar-refractivity contribution in [2.45, 2.75) is 20.0 Å². The zero-order valence-corrected chi connectivity index (χ0v) is 16.9. The third-order valence-corrected chi connectivity index (χ3v) is 4.22. The molecule has 29 heavy (non-hydrogen) atoms. The largest absolute Gasteiger partial charge is 0.497 e. The van der Waals surface area contributed by atoms with Gasteiger partial charge in [-0.3, -0.25) is 4.79 Å². The lowest BCUT2D eigenvalue weighted by Crippen LogP contribution is -2.14. The summed E-state index contributed by atoms with van der Waals surface area (Å²) in [7, 11) is 1.63. The van der Waals surface area contributed by atoms with Gasteiger partial charge in [0.25, 0.3) is 5.91 Å². The standard InChI is InChI=1S/C25H25NO3/c1-18(2)29-23-11-7-10-21(17-23)26-25(27)24(20-8-5-4-6-9-20)16-19-12-14-22(28-3)15-13-19/h4-18H,1-3H3,(H,26,27)/b24-16+. The SMILES string of the molecule is COc1ccc(/C=C(/C(=O)Nc2cccc(OC(C)C)c2)c2ccccc2)cc1. The van der Waals surface area contributed by atoms with E-state index in [2.05, 4.69) is 5.32 Å². The number of amides is 1. The van der Waals surface area contributed by atoms with E-state index in [0.29, 0.717) is 11.3 Å². The number of carbonyl (C=O) groups is 1. The minimum atomic E-state index is -0.186. The van der Waals surface area contributed by atoms with E-state index in [1.54, 1.807) is 7.11 Å². The summed E-state index contributed by atoms with van der Waals surface area (Å²) in [5, 5.41) is 2.99. The van der Waals surface area contributed by atoms with Crippen LogP contribution in [0, 0.1) is 0 Å². The van der Waals surface area contributed by atoms with Gasteiger partial charge >= 0.3 is 0 Å². The van der Waals surface area contributed by atoms with Crippen molar-refractivity contribution in [3.05, 3.63) is 90.0 Å². The van der Waals surface area contributed by atoms with Crippen molar-refractivity contribution in [2.75, 3.05) is 12.4 Å². The third-order valence-electron chi connectivity index (χ3n) is 4.22. The van der Waals surface area contributed by atoms with Crippen LogP contribution < -0.4 is 14.8 Å². The molecule has 0 spiro atoms. The van der Waals surface area contributed by atoms with E-state index in [1.807, 2.05) is 98.8 Å². The fraction of sp³-hybridized carbons (Fsp3) is 0.160. The van der Waals surface area contributed by atoms with Gasteiger partial charge in [-0.05, 0) is 55.3 Å². The molecule has 0 aliphatic carbocycles. The van der Waals surface area contributed by atoms with Crippen molar-refractivity contribution >= 4 is 23.2 Å². The second-order valence-corrected chi connectivity index (χ2v) is 6.85. The molecule has 4 nitrogen and oxygen atoms in total. The van der Waals surface area contributed by atoms with E-state index in [-0.39, 0.29) is 12.0 Å². The van der Waals surface area contributed by atoms with Crippen LogP contribution in [-0.4, -0.2) is 19.1 Å². The highest BCUT2D eigenvalue weighted by Gasteiger charge is 2.13. The van der Waals surface area contributed by atoms with E-state index < -0.39 is 0 Å². The molecule has 1 amide bonds. The van der Waals surface area contributed by atoms with Gasteiger partial charge in [0.1, 0.15) is 11.5 Å². The molecule has 0 aromatic heterocycles. The third kappa shape index (κ3) is 5.72. The summed E-state index contributed by atoms with van der Waals surface area (Å²) in [5.74, 6) is 1.31. The highest BCUT2D eigenvalue weighted by molar-refractivity contribution is 6.29. The number of hydrogen-bond acceptors (Lipinski definition) is 3. The van der Waals surface area contributed by atoms with Crippen molar-refractivity contribution in [3.63, 3.8) is 0 Å². The molecule has 0 aliphatic heterocycles. The lowest BCUT2D eigenvalue weighted by atomic mass is 10.0. The van der Waals surface area contributed by atoms with Crippen LogP contribution >= 0.6 is 0 Å². The van der Waals surface area contributed by atoms with Gasteiger partial charge in [0.05, 0.1) is 13.2 Å². The van der Waals surface area contributed by atoms with Crippen LogP contribution in [0.5, 0.6) is 11.5 Å². The fourth-order valence-electron chi connectivity index (χ4n) is 2.88. The highest BCUT2D eigenvalue weighted by Crippen LogP contribution is 2.24. The predicted octanol–water partition coefficient (Wildman–Crippen LogP) is 5.66. The molecule has 0 saturated heterocycles. The van der Waals surface area contributed by atoms with Crippen molar-refractivity contribution in [2.24, 2.45) is 0 Å². The summed E-state index contributed by atoms with van der Waals surface area (Å²) < 4.78 is 10.9. The number of ether oxygens (including phenoxy) is 2.